The summed E-state index contributed by atoms with van der Waals surface area (Å²) < 4.78 is 19.7. The first kappa shape index (κ1) is 21.8. The predicted molar refractivity (Wildman–Crippen MR) is 103 cm³/mol. The van der Waals surface area contributed by atoms with Gasteiger partial charge in [-0.15, -0.1) is 11.3 Å². The van der Waals surface area contributed by atoms with Crippen LogP contribution in [-0.2, 0) is 25.6 Å². The molecule has 0 atom stereocenters. The highest BCUT2D eigenvalue weighted by Gasteiger charge is 2.28. The molecule has 28 heavy (non-hydrogen) atoms. The van der Waals surface area contributed by atoms with Crippen molar-refractivity contribution in [1.29, 1.82) is 0 Å². The molecule has 1 heterocycles. The van der Waals surface area contributed by atoms with Crippen LogP contribution in [0.3, 0.4) is 0 Å². The van der Waals surface area contributed by atoms with Crippen molar-refractivity contribution in [2.45, 2.75) is 6.61 Å². The highest BCUT2D eigenvalue weighted by Crippen LogP contribution is 2.33. The van der Waals surface area contributed by atoms with Crippen molar-refractivity contribution >= 4 is 57.4 Å². The smallest absolute Gasteiger partial charge is 0.348 e. The maximum atomic E-state index is 12.0. The number of halogens is 2. The molecule has 0 aliphatic rings. The van der Waals surface area contributed by atoms with Crippen molar-refractivity contribution in [1.82, 2.24) is 0 Å². The minimum atomic E-state index is -0.765. The summed E-state index contributed by atoms with van der Waals surface area (Å²) in [6, 6.07) is 4.51. The highest BCUT2D eigenvalue weighted by molar-refractivity contribution is 7.18. The standard InChI is InChI=1S/C17H15Cl2NO7S/c1-24-16(22)13-9(14(17(23)25-2)28-15(13)20)6-27-12(21)7-26-11-4-3-8(18)5-10(11)19/h3-5H,6-7,20H2,1-2H3. The van der Waals surface area contributed by atoms with Gasteiger partial charge >= 0.3 is 17.9 Å². The number of thiophene rings is 1. The number of nitrogens with two attached hydrogens (primary N) is 1. The maximum absolute atomic E-state index is 12.0. The normalized spacial score (nSPS) is 10.3. The highest BCUT2D eigenvalue weighted by atomic mass is 35.5. The van der Waals surface area contributed by atoms with Crippen LogP contribution < -0.4 is 10.5 Å². The summed E-state index contributed by atoms with van der Waals surface area (Å²) in [5.74, 6) is -2.00. The van der Waals surface area contributed by atoms with Crippen molar-refractivity contribution in [3.63, 3.8) is 0 Å². The molecule has 8 nitrogen and oxygen atoms in total. The number of hydrogen-bond donors (Lipinski definition) is 1. The average Bonchev–Trinajstić information content (AvgIpc) is 3.00. The SMILES string of the molecule is COC(=O)c1sc(N)c(C(=O)OC)c1COC(=O)COc1ccc(Cl)cc1Cl. The Kier molecular flexibility index (Phi) is 7.50. The van der Waals surface area contributed by atoms with Crippen LogP contribution in [0.15, 0.2) is 18.2 Å². The van der Waals surface area contributed by atoms with E-state index >= 15 is 0 Å². The number of methoxy groups -OCH3 is 2. The second kappa shape index (κ2) is 9.63. The molecule has 0 bridgehead atoms. The van der Waals surface area contributed by atoms with Crippen LogP contribution in [0.25, 0.3) is 0 Å². The van der Waals surface area contributed by atoms with Gasteiger partial charge < -0.3 is 24.7 Å². The quantitative estimate of drug-likeness (QED) is 0.507. The second-order valence-electron chi connectivity index (χ2n) is 5.16. The Labute approximate surface area is 174 Å². The fourth-order valence-corrected chi connectivity index (χ4v) is 3.57. The van der Waals surface area contributed by atoms with E-state index in [1.165, 1.54) is 19.2 Å². The monoisotopic (exact) mass is 447 g/mol. The molecule has 0 aliphatic carbocycles. The van der Waals surface area contributed by atoms with Gasteiger partial charge in [-0.05, 0) is 18.2 Å². The molecule has 1 aromatic heterocycles. The third-order valence-electron chi connectivity index (χ3n) is 3.41. The molecule has 1 aromatic carbocycles. The van der Waals surface area contributed by atoms with Gasteiger partial charge in [0.2, 0.25) is 0 Å². The van der Waals surface area contributed by atoms with Crippen molar-refractivity contribution in [3.8, 4) is 5.75 Å². The van der Waals surface area contributed by atoms with Gasteiger partial charge in [-0.25, -0.2) is 14.4 Å². The van der Waals surface area contributed by atoms with E-state index < -0.39 is 31.1 Å². The van der Waals surface area contributed by atoms with E-state index in [0.29, 0.717) is 5.02 Å². The molecule has 0 saturated carbocycles. The van der Waals surface area contributed by atoms with Gasteiger partial charge in [0.1, 0.15) is 27.8 Å². The van der Waals surface area contributed by atoms with E-state index in [1.54, 1.807) is 6.07 Å². The van der Waals surface area contributed by atoms with Gasteiger partial charge in [-0.3, -0.25) is 0 Å². The maximum Gasteiger partial charge on any atom is 0.348 e. The lowest BCUT2D eigenvalue weighted by atomic mass is 10.1. The Bertz CT molecular complexity index is 913. The summed E-state index contributed by atoms with van der Waals surface area (Å²) in [6.45, 7) is -0.860. The van der Waals surface area contributed by atoms with Gasteiger partial charge in [0.25, 0.3) is 0 Å². The van der Waals surface area contributed by atoms with E-state index in [1.807, 2.05) is 0 Å². The number of carbonyl (C=O) groups excluding carboxylic acids is 3. The fraction of sp³-hybridized carbons (Fsp3) is 0.235. The molecular formula is C17H15Cl2NO7S. The van der Waals surface area contributed by atoms with Gasteiger partial charge in [0, 0.05) is 10.6 Å². The second-order valence-corrected chi connectivity index (χ2v) is 7.05. The molecule has 0 amide bonds. The van der Waals surface area contributed by atoms with E-state index in [2.05, 4.69) is 9.47 Å². The van der Waals surface area contributed by atoms with Crippen molar-refractivity contribution in [2.24, 2.45) is 0 Å². The summed E-state index contributed by atoms with van der Waals surface area (Å²) in [5, 5.41) is 0.690. The number of rotatable bonds is 7. The molecule has 0 saturated heterocycles. The zero-order valence-electron chi connectivity index (χ0n) is 14.7. The van der Waals surface area contributed by atoms with Crippen molar-refractivity contribution in [3.05, 3.63) is 44.2 Å². The van der Waals surface area contributed by atoms with E-state index in [0.717, 1.165) is 18.4 Å². The number of benzene rings is 1. The first-order valence-electron chi connectivity index (χ1n) is 7.59. The zero-order chi connectivity index (χ0) is 20.8. The minimum Gasteiger partial charge on any atom is -0.480 e. The van der Waals surface area contributed by atoms with E-state index in [9.17, 15) is 14.4 Å². The number of anilines is 1. The molecule has 0 radical (unpaired) electrons. The number of ether oxygens (including phenoxy) is 4. The molecular weight excluding hydrogens is 433 g/mol. The van der Waals surface area contributed by atoms with Crippen LogP contribution >= 0.6 is 34.5 Å². The number of hydrogen-bond acceptors (Lipinski definition) is 9. The molecule has 2 rings (SSSR count). The molecule has 150 valence electrons. The average molecular weight is 448 g/mol. The Hall–Kier alpha value is -2.49. The summed E-state index contributed by atoms with van der Waals surface area (Å²) in [7, 11) is 2.34. The summed E-state index contributed by atoms with van der Waals surface area (Å²) in [6.07, 6.45) is 0. The van der Waals surface area contributed by atoms with Crippen LogP contribution in [0.1, 0.15) is 25.6 Å². The largest absolute Gasteiger partial charge is 0.480 e. The zero-order valence-corrected chi connectivity index (χ0v) is 17.1. The van der Waals surface area contributed by atoms with Gasteiger partial charge in [0.05, 0.1) is 19.2 Å². The molecule has 0 fully saturated rings. The van der Waals surface area contributed by atoms with E-state index in [4.69, 9.17) is 38.4 Å². The molecule has 2 aromatic rings. The first-order valence-corrected chi connectivity index (χ1v) is 9.17. The number of carbonyl (C=O) groups is 3. The third-order valence-corrected chi connectivity index (χ3v) is 4.98. The summed E-state index contributed by atoms with van der Waals surface area (Å²) in [4.78, 5) is 35.9. The molecule has 0 spiro atoms. The Morgan fingerprint density at radius 3 is 2.39 bits per heavy atom. The molecule has 2 N–H and O–H groups in total. The topological polar surface area (TPSA) is 114 Å². The van der Waals surface area contributed by atoms with Crippen LogP contribution in [0.4, 0.5) is 5.00 Å². The van der Waals surface area contributed by atoms with Gasteiger partial charge in [-0.1, -0.05) is 23.2 Å². The van der Waals surface area contributed by atoms with Crippen molar-refractivity contribution < 1.29 is 33.3 Å². The van der Waals surface area contributed by atoms with Gasteiger partial charge in [-0.2, -0.15) is 0 Å². The van der Waals surface area contributed by atoms with Gasteiger partial charge in [0.15, 0.2) is 6.61 Å². The Morgan fingerprint density at radius 1 is 1.11 bits per heavy atom. The Morgan fingerprint density at radius 2 is 1.79 bits per heavy atom. The van der Waals surface area contributed by atoms with Crippen molar-refractivity contribution in [2.75, 3.05) is 26.6 Å². The van der Waals surface area contributed by atoms with Crippen LogP contribution in [0.5, 0.6) is 5.75 Å². The lowest BCUT2D eigenvalue weighted by Gasteiger charge is -2.10. The lowest BCUT2D eigenvalue weighted by Crippen LogP contribution is -2.17. The summed E-state index contributed by atoms with van der Waals surface area (Å²) >= 11 is 12.6. The molecule has 11 heteroatoms. The predicted octanol–water partition coefficient (Wildman–Crippen LogP) is 3.33. The van der Waals surface area contributed by atoms with E-state index in [-0.39, 0.29) is 31.8 Å². The minimum absolute atomic E-state index is 0.0369. The van der Waals surface area contributed by atoms with Crippen LogP contribution in [-0.4, -0.2) is 38.7 Å². The fourth-order valence-electron chi connectivity index (χ4n) is 2.13. The third kappa shape index (κ3) is 5.06. The lowest BCUT2D eigenvalue weighted by molar-refractivity contribution is -0.147. The first-order chi connectivity index (χ1) is 13.3. The molecule has 0 aliphatic heterocycles. The van der Waals surface area contributed by atoms with Crippen LogP contribution in [0.2, 0.25) is 10.0 Å². The number of esters is 3. The number of nitrogen functional groups attached to an aromatic ring is 1. The Balaban J connectivity index is 2.11. The molecule has 0 unspecified atom stereocenters. The summed E-state index contributed by atoms with van der Waals surface area (Å²) in [5.41, 5.74) is 5.84. The van der Waals surface area contributed by atoms with Crippen LogP contribution in [0, 0.1) is 0 Å².